The first-order chi connectivity index (χ1) is 18.3. The maximum atomic E-state index is 14.7. The molecule has 5 aromatic rings. The van der Waals surface area contributed by atoms with Crippen molar-refractivity contribution in [3.05, 3.63) is 60.6 Å². The van der Waals surface area contributed by atoms with Crippen molar-refractivity contribution < 1.29 is 17.6 Å². The van der Waals surface area contributed by atoms with E-state index in [0.29, 0.717) is 51.0 Å². The molecule has 12 heteroatoms. The van der Waals surface area contributed by atoms with Gasteiger partial charge in [0.05, 0.1) is 34.2 Å². The van der Waals surface area contributed by atoms with Gasteiger partial charge in [-0.3, -0.25) is 4.98 Å². The lowest BCUT2D eigenvalue weighted by molar-refractivity contribution is -0.141. The Labute approximate surface area is 214 Å². The summed E-state index contributed by atoms with van der Waals surface area (Å²) >= 11 is 0. The first-order valence-electron chi connectivity index (χ1n) is 12.3. The quantitative estimate of drug-likeness (QED) is 0.282. The molecule has 0 amide bonds. The van der Waals surface area contributed by atoms with Gasteiger partial charge in [-0.1, -0.05) is 0 Å². The van der Waals surface area contributed by atoms with Crippen molar-refractivity contribution in [2.45, 2.75) is 13.1 Å². The lowest BCUT2D eigenvalue weighted by atomic mass is 10.0. The van der Waals surface area contributed by atoms with Crippen molar-refractivity contribution in [3.8, 4) is 16.8 Å². The molecule has 8 nitrogen and oxygen atoms in total. The van der Waals surface area contributed by atoms with Crippen LogP contribution in [0.3, 0.4) is 0 Å². The van der Waals surface area contributed by atoms with Crippen LogP contribution in [0.1, 0.15) is 12.6 Å². The van der Waals surface area contributed by atoms with Gasteiger partial charge in [0.15, 0.2) is 5.69 Å². The van der Waals surface area contributed by atoms with E-state index in [9.17, 15) is 17.6 Å². The highest BCUT2D eigenvalue weighted by Gasteiger charge is 2.34. The second kappa shape index (κ2) is 9.28. The fourth-order valence-corrected chi connectivity index (χ4v) is 4.96. The molecule has 3 N–H and O–H groups in total. The lowest BCUT2D eigenvalue weighted by Gasteiger charge is -2.29. The first-order valence-corrected chi connectivity index (χ1v) is 12.3. The van der Waals surface area contributed by atoms with Crippen LogP contribution in [0.2, 0.25) is 0 Å². The Morgan fingerprint density at radius 2 is 1.89 bits per heavy atom. The van der Waals surface area contributed by atoms with Crippen LogP contribution in [0.4, 0.5) is 28.9 Å². The summed E-state index contributed by atoms with van der Waals surface area (Å²) in [6.07, 6.45) is 1.64. The molecular weight excluding hydrogens is 500 g/mol. The summed E-state index contributed by atoms with van der Waals surface area (Å²) in [6.45, 7) is 5.73. The summed E-state index contributed by atoms with van der Waals surface area (Å²) in [5.74, 6) is -0.482. The molecule has 1 aromatic carbocycles. The molecule has 1 fully saturated rings. The molecule has 0 atom stereocenters. The van der Waals surface area contributed by atoms with E-state index >= 15 is 0 Å². The number of nitrogens with one attached hydrogen (secondary N) is 3. The number of benzene rings is 1. The molecule has 0 bridgehead atoms. The minimum absolute atomic E-state index is 0.351. The van der Waals surface area contributed by atoms with Crippen molar-refractivity contribution in [3.63, 3.8) is 0 Å². The predicted molar refractivity (Wildman–Crippen MR) is 138 cm³/mol. The number of nitrogens with zero attached hydrogens (tertiary/aromatic N) is 5. The zero-order valence-corrected chi connectivity index (χ0v) is 20.4. The number of hydrogen-bond acceptors (Lipinski definition) is 6. The van der Waals surface area contributed by atoms with E-state index in [1.54, 1.807) is 18.6 Å². The van der Waals surface area contributed by atoms with Crippen LogP contribution in [0.5, 0.6) is 0 Å². The number of aromatic nitrogens is 5. The zero-order chi connectivity index (χ0) is 26.4. The number of H-pyrrole nitrogens is 1. The summed E-state index contributed by atoms with van der Waals surface area (Å²) in [5.41, 5.74) is 2.94. The highest BCUT2D eigenvalue weighted by atomic mass is 19.4. The molecule has 6 rings (SSSR count). The Hall–Kier alpha value is -4.19. The molecule has 1 aliphatic heterocycles. The van der Waals surface area contributed by atoms with Gasteiger partial charge in [0.1, 0.15) is 11.5 Å². The zero-order valence-electron chi connectivity index (χ0n) is 20.4. The van der Waals surface area contributed by atoms with E-state index < -0.39 is 17.7 Å². The van der Waals surface area contributed by atoms with E-state index in [1.165, 1.54) is 23.0 Å². The molecule has 1 aliphatic rings. The van der Waals surface area contributed by atoms with Crippen LogP contribution in [-0.2, 0) is 6.18 Å². The molecule has 5 heterocycles. The SMILES string of the molecule is CCNc1cc(F)cc2c1[nH]c1ncc(-c3cncc(N4CCNCC4)c3)c(-n3ccc(C(F)(F)F)n3)c12. The Bertz CT molecular complexity index is 1630. The van der Waals surface area contributed by atoms with Crippen LogP contribution in [0.15, 0.2) is 49.1 Å². The third-order valence-electron chi connectivity index (χ3n) is 6.66. The number of aromatic amines is 1. The number of piperazine rings is 1. The van der Waals surface area contributed by atoms with E-state index in [1.807, 2.05) is 13.0 Å². The minimum atomic E-state index is -4.62. The van der Waals surface area contributed by atoms with Gasteiger partial charge in [-0.15, -0.1) is 0 Å². The molecule has 4 aromatic heterocycles. The number of hydrogen-bond donors (Lipinski definition) is 3. The third-order valence-corrected chi connectivity index (χ3v) is 6.66. The molecular formula is C26H24F4N8. The van der Waals surface area contributed by atoms with Crippen LogP contribution in [0, 0.1) is 5.82 Å². The molecule has 38 heavy (non-hydrogen) atoms. The van der Waals surface area contributed by atoms with Crippen LogP contribution in [0.25, 0.3) is 38.8 Å². The van der Waals surface area contributed by atoms with Gasteiger partial charge in [0.25, 0.3) is 0 Å². The van der Waals surface area contributed by atoms with Crippen molar-refractivity contribution in [1.29, 1.82) is 0 Å². The number of pyridine rings is 2. The van der Waals surface area contributed by atoms with Gasteiger partial charge in [0, 0.05) is 67.8 Å². The van der Waals surface area contributed by atoms with Gasteiger partial charge < -0.3 is 20.5 Å². The number of anilines is 2. The minimum Gasteiger partial charge on any atom is -0.384 e. The smallest absolute Gasteiger partial charge is 0.384 e. The summed E-state index contributed by atoms with van der Waals surface area (Å²) < 4.78 is 56.5. The highest BCUT2D eigenvalue weighted by molar-refractivity contribution is 6.15. The second-order valence-electron chi connectivity index (χ2n) is 9.09. The fraction of sp³-hybridized carbons (Fsp3) is 0.269. The van der Waals surface area contributed by atoms with E-state index in [-0.39, 0.29) is 0 Å². The van der Waals surface area contributed by atoms with Gasteiger partial charge in [-0.25, -0.2) is 14.1 Å². The third kappa shape index (κ3) is 4.20. The molecule has 0 radical (unpaired) electrons. The second-order valence-corrected chi connectivity index (χ2v) is 9.09. The molecule has 0 spiro atoms. The number of rotatable bonds is 5. The monoisotopic (exact) mass is 524 g/mol. The summed E-state index contributed by atoms with van der Waals surface area (Å²) in [6, 6.07) is 5.59. The van der Waals surface area contributed by atoms with Gasteiger partial charge in [0.2, 0.25) is 0 Å². The summed E-state index contributed by atoms with van der Waals surface area (Å²) in [7, 11) is 0. The normalized spacial score (nSPS) is 14.5. The van der Waals surface area contributed by atoms with Gasteiger partial charge in [-0.05, 0) is 31.2 Å². The Morgan fingerprint density at radius 1 is 1.08 bits per heavy atom. The molecule has 196 valence electrons. The van der Waals surface area contributed by atoms with Crippen molar-refractivity contribution >= 4 is 33.3 Å². The van der Waals surface area contributed by atoms with E-state index in [0.717, 1.165) is 37.9 Å². The Morgan fingerprint density at radius 3 is 2.63 bits per heavy atom. The van der Waals surface area contributed by atoms with Crippen LogP contribution < -0.4 is 15.5 Å². The molecule has 1 saturated heterocycles. The first kappa shape index (κ1) is 24.2. The fourth-order valence-electron chi connectivity index (χ4n) is 4.96. The topological polar surface area (TPSA) is 86.7 Å². The summed E-state index contributed by atoms with van der Waals surface area (Å²) in [5, 5.41) is 11.3. The average Bonchev–Trinajstić information content (AvgIpc) is 3.55. The number of fused-ring (bicyclic) bond motifs is 3. The van der Waals surface area contributed by atoms with Gasteiger partial charge in [-0.2, -0.15) is 18.3 Å². The standard InChI is InChI=1S/C26H24F4N8/c1-2-33-20-11-16(27)10-18-22-24(38-6-3-21(36-38)26(28,29)30)19(14-34-25(22)35-23(18)20)15-9-17(13-32-12-15)37-7-4-31-5-8-37/h3,6,9-14,31,33H,2,4-5,7-8H2,1H3,(H,34,35). The lowest BCUT2D eigenvalue weighted by Crippen LogP contribution is -2.43. The molecule has 0 saturated carbocycles. The van der Waals surface area contributed by atoms with Crippen molar-refractivity contribution in [2.24, 2.45) is 0 Å². The van der Waals surface area contributed by atoms with Crippen LogP contribution in [-0.4, -0.2) is 57.5 Å². The predicted octanol–water partition coefficient (Wildman–Crippen LogP) is 4.96. The maximum absolute atomic E-state index is 14.7. The van der Waals surface area contributed by atoms with Gasteiger partial charge >= 0.3 is 6.18 Å². The van der Waals surface area contributed by atoms with E-state index in [2.05, 4.69) is 35.6 Å². The largest absolute Gasteiger partial charge is 0.435 e. The average molecular weight is 525 g/mol. The van der Waals surface area contributed by atoms with Crippen molar-refractivity contribution in [1.82, 2.24) is 30.0 Å². The maximum Gasteiger partial charge on any atom is 0.435 e. The highest BCUT2D eigenvalue weighted by Crippen LogP contribution is 2.40. The summed E-state index contributed by atoms with van der Waals surface area (Å²) in [4.78, 5) is 14.4. The molecule has 0 aliphatic carbocycles. The van der Waals surface area contributed by atoms with Crippen LogP contribution >= 0.6 is 0 Å². The Balaban J connectivity index is 1.63. The van der Waals surface area contributed by atoms with Crippen molar-refractivity contribution in [2.75, 3.05) is 42.9 Å². The number of alkyl halides is 3. The number of halogens is 4. The molecule has 0 unspecified atom stereocenters. The van der Waals surface area contributed by atoms with E-state index in [4.69, 9.17) is 0 Å². The Kier molecular flexibility index (Phi) is 5.90.